The summed E-state index contributed by atoms with van der Waals surface area (Å²) in [6, 6.07) is 7.74. The van der Waals surface area contributed by atoms with Crippen molar-refractivity contribution in [3.05, 3.63) is 52.3 Å². The molecular weight excluding hydrogens is 264 g/mol. The number of nitrogens with zero attached hydrogens (tertiary/aromatic N) is 1. The average molecular weight is 274 g/mol. The van der Waals surface area contributed by atoms with Gasteiger partial charge in [0.15, 0.2) is 5.82 Å². The number of carbonyl (C=O) groups excluding carboxylic acids is 1. The van der Waals surface area contributed by atoms with Gasteiger partial charge >= 0.3 is 12.0 Å². The number of rotatable bonds is 3. The summed E-state index contributed by atoms with van der Waals surface area (Å²) in [6.07, 6.45) is 0. The molecule has 2 aromatic rings. The van der Waals surface area contributed by atoms with Crippen LogP contribution in [0.25, 0.3) is 0 Å². The quantitative estimate of drug-likeness (QED) is 0.667. The van der Waals surface area contributed by atoms with E-state index in [2.05, 4.69) is 20.8 Å². The van der Waals surface area contributed by atoms with Crippen LogP contribution in [-0.4, -0.2) is 27.3 Å². The number of aromatic nitrogens is 2. The highest BCUT2D eigenvalue weighted by Gasteiger charge is 2.06. The van der Waals surface area contributed by atoms with Crippen LogP contribution in [0.5, 0.6) is 0 Å². The second-order valence-corrected chi connectivity index (χ2v) is 3.77. The number of anilines is 2. The highest BCUT2D eigenvalue weighted by Crippen LogP contribution is 2.11. The molecule has 0 saturated carbocycles. The first-order chi connectivity index (χ1) is 9.54. The van der Waals surface area contributed by atoms with Crippen LogP contribution in [0, 0.1) is 0 Å². The van der Waals surface area contributed by atoms with E-state index >= 15 is 0 Å². The fourth-order valence-electron chi connectivity index (χ4n) is 1.42. The van der Waals surface area contributed by atoms with E-state index in [-0.39, 0.29) is 16.9 Å². The molecule has 0 fully saturated rings. The van der Waals surface area contributed by atoms with Gasteiger partial charge in [0.25, 0.3) is 5.56 Å². The van der Waals surface area contributed by atoms with Crippen molar-refractivity contribution >= 4 is 23.5 Å². The summed E-state index contributed by atoms with van der Waals surface area (Å²) in [5.41, 5.74) is 0.00177. The van der Waals surface area contributed by atoms with Gasteiger partial charge < -0.3 is 10.4 Å². The largest absolute Gasteiger partial charge is 0.478 e. The van der Waals surface area contributed by atoms with Crippen molar-refractivity contribution < 1.29 is 14.7 Å². The summed E-state index contributed by atoms with van der Waals surface area (Å²) in [5, 5.41) is 19.4. The highest BCUT2D eigenvalue weighted by atomic mass is 16.4. The molecule has 8 nitrogen and oxygen atoms in total. The van der Waals surface area contributed by atoms with E-state index in [4.69, 9.17) is 5.11 Å². The van der Waals surface area contributed by atoms with Crippen LogP contribution in [0.15, 0.2) is 41.2 Å². The Balaban J connectivity index is 2.04. The average Bonchev–Trinajstić information content (AvgIpc) is 2.41. The highest BCUT2D eigenvalue weighted by molar-refractivity contribution is 6.00. The van der Waals surface area contributed by atoms with Crippen molar-refractivity contribution in [1.29, 1.82) is 0 Å². The number of hydrogen-bond donors (Lipinski definition) is 4. The second kappa shape index (κ2) is 5.65. The van der Waals surface area contributed by atoms with Crippen molar-refractivity contribution in [3.63, 3.8) is 0 Å². The van der Waals surface area contributed by atoms with Gasteiger partial charge in [0.05, 0.1) is 5.56 Å². The minimum atomic E-state index is -1.09. The first kappa shape index (κ1) is 13.3. The first-order valence-electron chi connectivity index (χ1n) is 5.52. The summed E-state index contributed by atoms with van der Waals surface area (Å²) in [4.78, 5) is 33.2. The molecule has 0 aliphatic heterocycles. The Morgan fingerprint density at radius 2 is 1.95 bits per heavy atom. The smallest absolute Gasteiger partial charge is 0.335 e. The molecule has 0 radical (unpaired) electrons. The molecule has 4 N–H and O–H groups in total. The van der Waals surface area contributed by atoms with E-state index in [1.807, 2.05) is 0 Å². The number of amides is 2. The van der Waals surface area contributed by atoms with E-state index in [0.717, 1.165) is 0 Å². The van der Waals surface area contributed by atoms with E-state index in [1.165, 1.54) is 30.3 Å². The van der Waals surface area contributed by atoms with Crippen LogP contribution in [0.3, 0.4) is 0 Å². The van der Waals surface area contributed by atoms with E-state index < -0.39 is 12.0 Å². The van der Waals surface area contributed by atoms with Gasteiger partial charge in [0, 0.05) is 11.8 Å². The molecule has 102 valence electrons. The summed E-state index contributed by atoms with van der Waals surface area (Å²) in [7, 11) is 0. The number of H-pyrrole nitrogens is 1. The summed E-state index contributed by atoms with van der Waals surface area (Å²) < 4.78 is 0. The molecule has 2 rings (SSSR count). The number of hydrogen-bond acceptors (Lipinski definition) is 4. The molecule has 8 heteroatoms. The molecule has 0 aliphatic carbocycles. The summed E-state index contributed by atoms with van der Waals surface area (Å²) >= 11 is 0. The molecule has 1 heterocycles. The van der Waals surface area contributed by atoms with E-state index in [9.17, 15) is 14.4 Å². The fourth-order valence-corrected chi connectivity index (χ4v) is 1.42. The minimum absolute atomic E-state index is 0.0602. The fraction of sp³-hybridized carbons (Fsp3) is 0. The lowest BCUT2D eigenvalue weighted by atomic mass is 10.2. The maximum Gasteiger partial charge on any atom is 0.335 e. The zero-order chi connectivity index (χ0) is 14.5. The topological polar surface area (TPSA) is 124 Å². The van der Waals surface area contributed by atoms with Gasteiger partial charge in [-0.25, -0.2) is 14.7 Å². The third-order valence-electron chi connectivity index (χ3n) is 2.29. The van der Waals surface area contributed by atoms with Gasteiger partial charge in [-0.2, -0.15) is 5.10 Å². The predicted octanol–water partition coefficient (Wildman–Crippen LogP) is 1.11. The van der Waals surface area contributed by atoms with Crippen LogP contribution in [0.2, 0.25) is 0 Å². The second-order valence-electron chi connectivity index (χ2n) is 3.77. The van der Waals surface area contributed by atoms with Gasteiger partial charge in [0.2, 0.25) is 0 Å². The Morgan fingerprint density at radius 3 is 2.60 bits per heavy atom. The van der Waals surface area contributed by atoms with E-state index in [0.29, 0.717) is 5.69 Å². The maximum atomic E-state index is 11.6. The number of aromatic carboxylic acids is 1. The van der Waals surface area contributed by atoms with Crippen molar-refractivity contribution in [2.45, 2.75) is 0 Å². The number of nitrogens with one attached hydrogen (secondary N) is 3. The lowest BCUT2D eigenvalue weighted by Gasteiger charge is -2.07. The SMILES string of the molecule is O=C(Nc1cccc(C(=O)O)c1)Nc1ccc(=O)[nH]n1. The van der Waals surface area contributed by atoms with Gasteiger partial charge in [-0.15, -0.1) is 0 Å². The third-order valence-corrected chi connectivity index (χ3v) is 2.29. The third kappa shape index (κ3) is 3.42. The molecule has 0 unspecified atom stereocenters. The van der Waals surface area contributed by atoms with Crippen LogP contribution in [-0.2, 0) is 0 Å². The van der Waals surface area contributed by atoms with Crippen LogP contribution < -0.4 is 16.2 Å². The molecule has 0 saturated heterocycles. The Morgan fingerprint density at radius 1 is 1.15 bits per heavy atom. The Kier molecular flexibility index (Phi) is 3.75. The van der Waals surface area contributed by atoms with Crippen molar-refractivity contribution in [1.82, 2.24) is 10.2 Å². The monoisotopic (exact) mass is 274 g/mol. The van der Waals surface area contributed by atoms with Gasteiger partial charge in [-0.3, -0.25) is 10.1 Å². The lowest BCUT2D eigenvalue weighted by molar-refractivity contribution is 0.0697. The minimum Gasteiger partial charge on any atom is -0.478 e. The molecule has 1 aromatic heterocycles. The van der Waals surface area contributed by atoms with Crippen molar-refractivity contribution in [3.8, 4) is 0 Å². The molecule has 1 aromatic carbocycles. The molecule has 0 aliphatic rings. The van der Waals surface area contributed by atoms with Crippen LogP contribution in [0.4, 0.5) is 16.3 Å². The molecule has 0 atom stereocenters. The van der Waals surface area contributed by atoms with Gasteiger partial charge in [-0.1, -0.05) is 6.07 Å². The zero-order valence-corrected chi connectivity index (χ0v) is 10.1. The number of aromatic amines is 1. The number of benzene rings is 1. The lowest BCUT2D eigenvalue weighted by Crippen LogP contribution is -2.21. The molecule has 20 heavy (non-hydrogen) atoms. The Hall–Kier alpha value is -3.16. The summed E-state index contributed by atoms with van der Waals surface area (Å²) in [5.74, 6) is -0.923. The maximum absolute atomic E-state index is 11.6. The van der Waals surface area contributed by atoms with Crippen LogP contribution in [0.1, 0.15) is 10.4 Å². The number of urea groups is 1. The summed E-state index contributed by atoms with van der Waals surface area (Å²) in [6.45, 7) is 0. The van der Waals surface area contributed by atoms with Crippen molar-refractivity contribution in [2.75, 3.05) is 10.6 Å². The van der Waals surface area contributed by atoms with Gasteiger partial charge in [0.1, 0.15) is 0 Å². The standard InChI is InChI=1S/C12H10N4O4/c17-10-5-4-9(15-16-10)14-12(20)13-8-3-1-2-7(6-8)11(18)19/h1-6H,(H,16,17)(H,18,19)(H2,13,14,15,20). The Labute approximate surface area is 112 Å². The first-order valence-corrected chi connectivity index (χ1v) is 5.52. The number of carbonyl (C=O) groups is 2. The number of carboxylic acid groups (broad SMARTS) is 1. The molecule has 0 spiro atoms. The molecular formula is C12H10N4O4. The van der Waals surface area contributed by atoms with Gasteiger partial charge in [-0.05, 0) is 24.3 Å². The Bertz CT molecular complexity index is 690. The number of carboxylic acids is 1. The zero-order valence-electron chi connectivity index (χ0n) is 10.1. The normalized spacial score (nSPS) is 9.80. The van der Waals surface area contributed by atoms with Crippen molar-refractivity contribution in [2.24, 2.45) is 0 Å². The van der Waals surface area contributed by atoms with Crippen LogP contribution >= 0.6 is 0 Å². The molecule has 2 amide bonds. The molecule has 0 bridgehead atoms. The predicted molar refractivity (Wildman–Crippen MR) is 70.9 cm³/mol. The van der Waals surface area contributed by atoms with E-state index in [1.54, 1.807) is 6.07 Å².